The first-order chi connectivity index (χ1) is 34.9. The van der Waals surface area contributed by atoms with E-state index in [0.29, 0.717) is 17.4 Å². The van der Waals surface area contributed by atoms with Crippen molar-refractivity contribution in [2.75, 3.05) is 40.9 Å². The van der Waals surface area contributed by atoms with Gasteiger partial charge >= 0.3 is 5.97 Å². The largest absolute Gasteiger partial charge is 0.756 e. The minimum atomic E-state index is -4.70. The zero-order valence-electron chi connectivity index (χ0n) is 47.6. The van der Waals surface area contributed by atoms with E-state index < -0.39 is 26.6 Å². The molecule has 0 aliphatic rings. The molecule has 0 aromatic heterocycles. The number of ether oxygens (including phenoxy) is 1. The van der Waals surface area contributed by atoms with Gasteiger partial charge in [0.15, 0.2) is 0 Å². The zero-order chi connectivity index (χ0) is 52.9. The number of amides is 1. The monoisotopic (exact) mass is 1030 g/mol. The second-order valence-electron chi connectivity index (χ2n) is 21.1. The van der Waals surface area contributed by atoms with Crippen LogP contribution in [0.5, 0.6) is 0 Å². The van der Waals surface area contributed by atoms with E-state index in [1.54, 1.807) is 0 Å². The number of carbonyl (C=O) groups excluding carboxylic acids is 2. The van der Waals surface area contributed by atoms with Gasteiger partial charge in [-0.3, -0.25) is 14.2 Å². The van der Waals surface area contributed by atoms with Crippen molar-refractivity contribution in [3.8, 4) is 0 Å². The van der Waals surface area contributed by atoms with Crippen LogP contribution in [0.3, 0.4) is 0 Å². The third-order valence-electron chi connectivity index (χ3n) is 12.9. The number of carbonyl (C=O) groups is 2. The minimum Gasteiger partial charge on any atom is -0.756 e. The van der Waals surface area contributed by atoms with Crippen molar-refractivity contribution in [1.82, 2.24) is 5.32 Å². The van der Waals surface area contributed by atoms with Gasteiger partial charge in [0.1, 0.15) is 19.3 Å². The van der Waals surface area contributed by atoms with Gasteiger partial charge in [0, 0.05) is 12.8 Å². The van der Waals surface area contributed by atoms with E-state index in [-0.39, 0.29) is 24.9 Å². The molecule has 0 radical (unpaired) electrons. The van der Waals surface area contributed by atoms with Crippen LogP contribution in [0.25, 0.3) is 0 Å². The summed E-state index contributed by atoms with van der Waals surface area (Å²) < 4.78 is 30.2. The van der Waals surface area contributed by atoms with Crippen molar-refractivity contribution in [2.24, 2.45) is 0 Å². The lowest BCUT2D eigenvalue weighted by Crippen LogP contribution is -2.47. The fraction of sp³-hybridized carbons (Fsp3) is 0.774. The quantitative estimate of drug-likeness (QED) is 0.0212. The Kier molecular flexibility index (Phi) is 50.1. The van der Waals surface area contributed by atoms with E-state index in [2.05, 4.69) is 86.8 Å². The molecular weight excluding hydrogens is 916 g/mol. The highest BCUT2D eigenvalue weighted by atomic mass is 31.2. The van der Waals surface area contributed by atoms with Gasteiger partial charge in [-0.2, -0.15) is 0 Å². The Balaban J connectivity index is 5.22. The van der Waals surface area contributed by atoms with Gasteiger partial charge in [0.2, 0.25) is 5.91 Å². The molecule has 0 aliphatic heterocycles. The van der Waals surface area contributed by atoms with Gasteiger partial charge in [-0.1, -0.05) is 222 Å². The molecule has 72 heavy (non-hydrogen) atoms. The SMILES string of the molecule is CCCC/C=C\CCCCCCCC(=O)OC(/C=C\CCCCCCCCCCCC)C(COP(=O)([O-])OCC[N+](C)(C)C)NC(=O)CCCCCCCCC/C=C\C/C=C\C/C=C\C/C=C\CCCCC. The number of hydrogen-bond acceptors (Lipinski definition) is 7. The highest BCUT2D eigenvalue weighted by Gasteiger charge is 2.27. The summed E-state index contributed by atoms with van der Waals surface area (Å²) in [4.78, 5) is 39.8. The third-order valence-corrected chi connectivity index (χ3v) is 13.8. The molecule has 3 unspecified atom stereocenters. The topological polar surface area (TPSA) is 114 Å². The molecule has 0 aromatic carbocycles. The normalized spacial score (nSPS) is 14.3. The van der Waals surface area contributed by atoms with Crippen LogP contribution in [0.4, 0.5) is 0 Å². The van der Waals surface area contributed by atoms with E-state index in [1.807, 2.05) is 33.3 Å². The molecule has 0 rings (SSSR count). The maximum atomic E-state index is 13.5. The Hall–Kier alpha value is -2.55. The van der Waals surface area contributed by atoms with Crippen molar-refractivity contribution in [3.05, 3.63) is 72.9 Å². The Morgan fingerprint density at radius 1 is 0.486 bits per heavy atom. The highest BCUT2D eigenvalue weighted by Crippen LogP contribution is 2.38. The van der Waals surface area contributed by atoms with Crippen molar-refractivity contribution in [1.29, 1.82) is 0 Å². The highest BCUT2D eigenvalue weighted by molar-refractivity contribution is 7.45. The number of quaternary nitrogens is 1. The van der Waals surface area contributed by atoms with E-state index >= 15 is 0 Å². The van der Waals surface area contributed by atoms with E-state index in [0.717, 1.165) is 116 Å². The fourth-order valence-electron chi connectivity index (χ4n) is 8.19. The van der Waals surface area contributed by atoms with E-state index in [1.165, 1.54) is 109 Å². The molecule has 0 aromatic rings. The zero-order valence-corrected chi connectivity index (χ0v) is 48.5. The summed E-state index contributed by atoms with van der Waals surface area (Å²) in [5, 5.41) is 3.01. The molecule has 0 fully saturated rings. The van der Waals surface area contributed by atoms with Crippen LogP contribution in [0.2, 0.25) is 0 Å². The lowest BCUT2D eigenvalue weighted by Gasteiger charge is -2.30. The van der Waals surface area contributed by atoms with Gasteiger partial charge in [-0.15, -0.1) is 0 Å². The Labute approximate surface area is 444 Å². The summed E-state index contributed by atoms with van der Waals surface area (Å²) in [7, 11) is 1.17. The third kappa shape index (κ3) is 52.3. The number of nitrogens with one attached hydrogen (secondary N) is 1. The molecule has 10 heteroatoms. The number of rotatable bonds is 53. The van der Waals surface area contributed by atoms with Gasteiger partial charge in [-0.05, 0) is 96.0 Å². The Morgan fingerprint density at radius 2 is 0.861 bits per heavy atom. The molecule has 0 aliphatic carbocycles. The summed E-state index contributed by atoms with van der Waals surface area (Å²) in [6.45, 7) is 6.75. The maximum absolute atomic E-state index is 13.5. The Morgan fingerprint density at radius 3 is 1.35 bits per heavy atom. The second-order valence-corrected chi connectivity index (χ2v) is 22.6. The van der Waals surface area contributed by atoms with Crippen LogP contribution >= 0.6 is 7.82 Å². The summed E-state index contributed by atoms with van der Waals surface area (Å²) in [6.07, 6.45) is 65.8. The van der Waals surface area contributed by atoms with Crippen molar-refractivity contribution in [3.63, 3.8) is 0 Å². The average Bonchev–Trinajstić information content (AvgIpc) is 3.34. The molecule has 0 bridgehead atoms. The molecule has 0 saturated heterocycles. The molecule has 1 N–H and O–H groups in total. The van der Waals surface area contributed by atoms with Gasteiger partial charge in [0.05, 0.1) is 33.8 Å². The summed E-state index contributed by atoms with van der Waals surface area (Å²) in [5.41, 5.74) is 0. The number of nitrogens with zero attached hydrogens (tertiary/aromatic N) is 1. The molecule has 0 heterocycles. The van der Waals surface area contributed by atoms with Crippen LogP contribution < -0.4 is 10.2 Å². The summed E-state index contributed by atoms with van der Waals surface area (Å²) in [6, 6.07) is -0.898. The van der Waals surface area contributed by atoms with Crippen molar-refractivity contribution < 1.29 is 37.3 Å². The van der Waals surface area contributed by atoms with E-state index in [4.69, 9.17) is 13.8 Å². The first-order valence-corrected chi connectivity index (χ1v) is 31.2. The number of hydrogen-bond donors (Lipinski definition) is 1. The Bertz CT molecular complexity index is 1460. The standard InChI is InChI=1S/C62H113N2O7P/c1-7-10-13-16-19-22-25-27-28-29-30-31-32-33-34-35-36-37-40-42-45-48-51-54-61(65)63-59(58-70-72(67,68)69-57-56-64(4,5)6)60(53-50-47-44-41-39-26-23-20-17-14-11-8-2)71-62(66)55-52-49-46-43-38-24-21-18-15-12-9-3/h18-19,21-22,27-28,30-31,33-34,50,53,59-60H,7-17,20,23-26,29,32,35-49,51-52,54-58H2,1-6H3,(H-,63,65,67,68)/b21-18-,22-19-,28-27-,31-30-,34-33-,53-50-. The average molecular weight is 1030 g/mol. The molecule has 0 spiro atoms. The maximum Gasteiger partial charge on any atom is 0.306 e. The first kappa shape index (κ1) is 69.5. The van der Waals surface area contributed by atoms with Crippen LogP contribution in [-0.2, 0) is 27.9 Å². The number of likely N-dealkylation sites (N-methyl/N-ethyl adjacent to an activating group) is 1. The molecular formula is C62H113N2O7P. The number of phosphoric ester groups is 1. The smallest absolute Gasteiger partial charge is 0.306 e. The van der Waals surface area contributed by atoms with Crippen LogP contribution in [0.1, 0.15) is 258 Å². The predicted octanol–water partition coefficient (Wildman–Crippen LogP) is 17.4. The van der Waals surface area contributed by atoms with E-state index in [9.17, 15) is 19.0 Å². The summed E-state index contributed by atoms with van der Waals surface area (Å²) >= 11 is 0. The summed E-state index contributed by atoms with van der Waals surface area (Å²) in [5.74, 6) is -0.566. The lowest BCUT2D eigenvalue weighted by atomic mass is 10.0. The number of unbranched alkanes of at least 4 members (excludes halogenated alkanes) is 27. The molecule has 1 amide bonds. The molecule has 9 nitrogen and oxygen atoms in total. The number of esters is 1. The first-order valence-electron chi connectivity index (χ1n) is 29.7. The van der Waals surface area contributed by atoms with Crippen molar-refractivity contribution >= 4 is 19.7 Å². The van der Waals surface area contributed by atoms with Gasteiger partial charge in [0.25, 0.3) is 7.82 Å². The second kappa shape index (κ2) is 51.9. The minimum absolute atomic E-state index is 0.0283. The van der Waals surface area contributed by atoms with Crippen LogP contribution in [0.15, 0.2) is 72.9 Å². The molecule has 0 saturated carbocycles. The van der Waals surface area contributed by atoms with Crippen molar-refractivity contribution in [2.45, 2.75) is 270 Å². The number of allylic oxidation sites excluding steroid dienone is 11. The fourth-order valence-corrected chi connectivity index (χ4v) is 8.91. The molecule has 418 valence electrons. The van der Waals surface area contributed by atoms with Gasteiger partial charge < -0.3 is 28.5 Å². The van der Waals surface area contributed by atoms with Crippen LogP contribution in [-0.4, -0.2) is 69.4 Å². The predicted molar refractivity (Wildman–Crippen MR) is 307 cm³/mol. The lowest BCUT2D eigenvalue weighted by molar-refractivity contribution is -0.870. The van der Waals surface area contributed by atoms with Crippen LogP contribution in [0, 0.1) is 0 Å². The molecule has 3 atom stereocenters. The number of phosphoric acid groups is 1. The van der Waals surface area contributed by atoms with Gasteiger partial charge in [-0.25, -0.2) is 0 Å².